The number of aliphatic hydroxyl groups excluding tert-OH is 1. The lowest BCUT2D eigenvalue weighted by Crippen LogP contribution is -2.30. The zero-order valence-electron chi connectivity index (χ0n) is 9.93. The normalized spacial score (nSPS) is 13.9. The molecule has 0 radical (unpaired) electrons. The first-order chi connectivity index (χ1) is 7.36. The van der Waals surface area contributed by atoms with E-state index in [-0.39, 0.29) is 5.41 Å². The summed E-state index contributed by atoms with van der Waals surface area (Å²) in [4.78, 5) is 0. The van der Waals surface area contributed by atoms with E-state index in [9.17, 15) is 13.9 Å². The molecule has 0 fully saturated rings. The monoisotopic (exact) mass is 228 g/mol. The molecular weight excluding hydrogens is 210 g/mol. The molecule has 0 saturated carbocycles. The summed E-state index contributed by atoms with van der Waals surface area (Å²) in [6.45, 7) is 5.91. The zero-order chi connectivity index (χ0) is 12.3. The molecule has 0 aliphatic carbocycles. The first kappa shape index (κ1) is 13.1. The lowest BCUT2D eigenvalue weighted by atomic mass is 9.81. The second kappa shape index (κ2) is 4.91. The molecule has 0 spiro atoms. The van der Waals surface area contributed by atoms with Gasteiger partial charge in [0.1, 0.15) is 0 Å². The van der Waals surface area contributed by atoms with Crippen molar-refractivity contribution in [1.82, 2.24) is 0 Å². The highest BCUT2D eigenvalue weighted by Crippen LogP contribution is 2.27. The maximum atomic E-state index is 13.0. The summed E-state index contributed by atoms with van der Waals surface area (Å²) in [7, 11) is 0. The Morgan fingerprint density at radius 2 is 1.88 bits per heavy atom. The van der Waals surface area contributed by atoms with Gasteiger partial charge in [0.05, 0.1) is 6.10 Å². The molecule has 1 atom stereocenters. The molecule has 90 valence electrons. The van der Waals surface area contributed by atoms with Crippen LogP contribution in [0.15, 0.2) is 18.2 Å². The van der Waals surface area contributed by atoms with Crippen molar-refractivity contribution in [3.63, 3.8) is 0 Å². The molecule has 0 saturated heterocycles. The Labute approximate surface area is 95.1 Å². The van der Waals surface area contributed by atoms with Gasteiger partial charge in [0.15, 0.2) is 11.6 Å². The van der Waals surface area contributed by atoms with Crippen LogP contribution >= 0.6 is 0 Å². The van der Waals surface area contributed by atoms with E-state index in [2.05, 4.69) is 0 Å². The van der Waals surface area contributed by atoms with Gasteiger partial charge in [-0.1, -0.05) is 26.8 Å². The van der Waals surface area contributed by atoms with E-state index in [1.54, 1.807) is 0 Å². The Hall–Kier alpha value is -0.960. The topological polar surface area (TPSA) is 20.2 Å². The summed E-state index contributed by atoms with van der Waals surface area (Å²) in [5.74, 6) is -1.72. The number of hydrogen-bond acceptors (Lipinski definition) is 1. The first-order valence-corrected chi connectivity index (χ1v) is 5.49. The van der Waals surface area contributed by atoms with E-state index in [1.807, 2.05) is 20.8 Å². The minimum Gasteiger partial charge on any atom is -0.392 e. The van der Waals surface area contributed by atoms with Crippen LogP contribution in [0.3, 0.4) is 0 Å². The van der Waals surface area contributed by atoms with Gasteiger partial charge in [-0.15, -0.1) is 0 Å². The fraction of sp³-hybridized carbons (Fsp3) is 0.538. The average molecular weight is 228 g/mol. The summed E-state index contributed by atoms with van der Waals surface area (Å²) < 4.78 is 25.7. The fourth-order valence-electron chi connectivity index (χ4n) is 1.40. The Bertz CT molecular complexity index is 361. The molecular formula is C13H18F2O. The lowest BCUT2D eigenvalue weighted by Gasteiger charge is -2.29. The van der Waals surface area contributed by atoms with Crippen LogP contribution in [-0.4, -0.2) is 11.2 Å². The van der Waals surface area contributed by atoms with Crippen molar-refractivity contribution in [2.45, 2.75) is 39.7 Å². The molecule has 0 amide bonds. The number of halogens is 2. The van der Waals surface area contributed by atoms with E-state index in [0.29, 0.717) is 12.0 Å². The van der Waals surface area contributed by atoms with E-state index in [0.717, 1.165) is 18.6 Å². The van der Waals surface area contributed by atoms with Gasteiger partial charge in [-0.2, -0.15) is 0 Å². The highest BCUT2D eigenvalue weighted by atomic mass is 19.2. The molecule has 0 aromatic heterocycles. The van der Waals surface area contributed by atoms with E-state index < -0.39 is 17.7 Å². The average Bonchev–Trinajstić information content (AvgIpc) is 2.23. The molecule has 0 aliphatic heterocycles. The maximum absolute atomic E-state index is 13.0. The van der Waals surface area contributed by atoms with Crippen molar-refractivity contribution in [2.75, 3.05) is 0 Å². The van der Waals surface area contributed by atoms with Crippen LogP contribution in [0.2, 0.25) is 0 Å². The highest BCUT2D eigenvalue weighted by molar-refractivity contribution is 5.18. The zero-order valence-corrected chi connectivity index (χ0v) is 9.93. The Morgan fingerprint density at radius 1 is 1.25 bits per heavy atom. The van der Waals surface area contributed by atoms with Gasteiger partial charge in [-0.3, -0.25) is 0 Å². The van der Waals surface area contributed by atoms with Gasteiger partial charge in [0.25, 0.3) is 0 Å². The summed E-state index contributed by atoms with van der Waals surface area (Å²) >= 11 is 0. The van der Waals surface area contributed by atoms with Crippen molar-refractivity contribution in [3.8, 4) is 0 Å². The van der Waals surface area contributed by atoms with Crippen LogP contribution in [0.1, 0.15) is 32.8 Å². The third kappa shape index (κ3) is 3.01. The van der Waals surface area contributed by atoms with Gasteiger partial charge < -0.3 is 5.11 Å². The van der Waals surface area contributed by atoms with E-state index >= 15 is 0 Å². The number of hydrogen-bond donors (Lipinski definition) is 1. The number of benzene rings is 1. The van der Waals surface area contributed by atoms with Gasteiger partial charge in [0.2, 0.25) is 0 Å². The third-order valence-corrected chi connectivity index (χ3v) is 3.23. The van der Waals surface area contributed by atoms with Crippen molar-refractivity contribution in [1.29, 1.82) is 0 Å². The number of rotatable bonds is 4. The molecule has 0 heterocycles. The molecule has 1 N–H and O–H groups in total. The summed E-state index contributed by atoms with van der Waals surface area (Å²) in [5, 5.41) is 9.97. The molecule has 0 bridgehead atoms. The van der Waals surface area contributed by atoms with Crippen LogP contribution in [0.4, 0.5) is 8.78 Å². The van der Waals surface area contributed by atoms with Crippen LogP contribution in [0.5, 0.6) is 0 Å². The number of aliphatic hydroxyl groups is 1. The molecule has 1 unspecified atom stereocenters. The van der Waals surface area contributed by atoms with Crippen LogP contribution in [-0.2, 0) is 6.42 Å². The Kier molecular flexibility index (Phi) is 4.03. The Morgan fingerprint density at radius 3 is 2.38 bits per heavy atom. The standard InChI is InChI=1S/C13H18F2O/c1-4-13(2,3)12(16)8-9-5-6-10(14)11(15)7-9/h5-7,12,16H,4,8H2,1-3H3. The molecule has 16 heavy (non-hydrogen) atoms. The van der Waals surface area contributed by atoms with Gasteiger partial charge in [-0.25, -0.2) is 8.78 Å². The second-order valence-electron chi connectivity index (χ2n) is 4.81. The van der Waals surface area contributed by atoms with Crippen molar-refractivity contribution < 1.29 is 13.9 Å². The summed E-state index contributed by atoms with van der Waals surface area (Å²) in [5.41, 5.74) is 0.401. The lowest BCUT2D eigenvalue weighted by molar-refractivity contribution is 0.0479. The van der Waals surface area contributed by atoms with Crippen LogP contribution in [0, 0.1) is 17.0 Å². The Balaban J connectivity index is 2.77. The van der Waals surface area contributed by atoms with Gasteiger partial charge in [-0.05, 0) is 36.0 Å². The predicted molar refractivity (Wildman–Crippen MR) is 60.1 cm³/mol. The molecule has 1 aromatic carbocycles. The largest absolute Gasteiger partial charge is 0.392 e. The quantitative estimate of drug-likeness (QED) is 0.838. The van der Waals surface area contributed by atoms with Crippen molar-refractivity contribution in [3.05, 3.63) is 35.4 Å². The molecule has 3 heteroatoms. The third-order valence-electron chi connectivity index (χ3n) is 3.23. The minimum absolute atomic E-state index is 0.217. The van der Waals surface area contributed by atoms with Crippen LogP contribution in [0.25, 0.3) is 0 Å². The SMILES string of the molecule is CCC(C)(C)C(O)Cc1ccc(F)c(F)c1. The maximum Gasteiger partial charge on any atom is 0.159 e. The van der Waals surface area contributed by atoms with Crippen molar-refractivity contribution >= 4 is 0 Å². The summed E-state index contributed by atoms with van der Waals surface area (Å²) in [6, 6.07) is 3.74. The molecule has 0 aliphatic rings. The first-order valence-electron chi connectivity index (χ1n) is 5.49. The van der Waals surface area contributed by atoms with Gasteiger partial charge in [0, 0.05) is 0 Å². The minimum atomic E-state index is -0.862. The molecule has 1 rings (SSSR count). The molecule has 1 nitrogen and oxygen atoms in total. The predicted octanol–water partition coefficient (Wildman–Crippen LogP) is 3.30. The van der Waals surface area contributed by atoms with E-state index in [4.69, 9.17) is 0 Å². The van der Waals surface area contributed by atoms with Crippen molar-refractivity contribution in [2.24, 2.45) is 5.41 Å². The van der Waals surface area contributed by atoms with Crippen LogP contribution < -0.4 is 0 Å². The summed E-state index contributed by atoms with van der Waals surface area (Å²) in [6.07, 6.45) is 0.623. The smallest absolute Gasteiger partial charge is 0.159 e. The van der Waals surface area contributed by atoms with Gasteiger partial charge >= 0.3 is 0 Å². The van der Waals surface area contributed by atoms with E-state index in [1.165, 1.54) is 6.07 Å². The second-order valence-corrected chi connectivity index (χ2v) is 4.81. The molecule has 1 aromatic rings. The fourth-order valence-corrected chi connectivity index (χ4v) is 1.40. The highest BCUT2D eigenvalue weighted by Gasteiger charge is 2.25.